The second kappa shape index (κ2) is 9.75. The van der Waals surface area contributed by atoms with E-state index >= 15 is 0 Å². The van der Waals surface area contributed by atoms with Crippen LogP contribution in [-0.4, -0.2) is 29.7 Å². The number of nitrogens with zero attached hydrogens (tertiary/aromatic N) is 1. The van der Waals surface area contributed by atoms with Crippen molar-refractivity contribution in [1.82, 2.24) is 5.32 Å². The average molecular weight is 396 g/mol. The van der Waals surface area contributed by atoms with Crippen molar-refractivity contribution in [1.29, 1.82) is 0 Å². The lowest BCUT2D eigenvalue weighted by Gasteiger charge is -2.10. The van der Waals surface area contributed by atoms with Crippen molar-refractivity contribution < 1.29 is 14.5 Å². The highest BCUT2D eigenvalue weighted by Gasteiger charge is 2.06. The third kappa shape index (κ3) is 5.47. The van der Waals surface area contributed by atoms with E-state index in [2.05, 4.69) is 5.32 Å². The number of non-ortho nitro benzene ring substituents is 1. The summed E-state index contributed by atoms with van der Waals surface area (Å²) < 4.78 is 5.80. The fourth-order valence-corrected chi connectivity index (χ4v) is 3.52. The van der Waals surface area contributed by atoms with Crippen molar-refractivity contribution in [2.45, 2.75) is 5.75 Å². The highest BCUT2D eigenvalue weighted by molar-refractivity contribution is 7.99. The molecule has 0 aliphatic heterocycles. The van der Waals surface area contributed by atoms with Gasteiger partial charge in [0.25, 0.3) is 5.69 Å². The molecular formula is C21H20N2O4S. The molecule has 0 aliphatic carbocycles. The molecule has 6 nitrogen and oxygen atoms in total. The zero-order valence-corrected chi connectivity index (χ0v) is 16.0. The van der Waals surface area contributed by atoms with Crippen LogP contribution < -0.4 is 10.1 Å². The summed E-state index contributed by atoms with van der Waals surface area (Å²) in [5, 5.41) is 15.6. The van der Waals surface area contributed by atoms with Crippen LogP contribution in [0.1, 0.15) is 5.56 Å². The number of hydrogen-bond donors (Lipinski definition) is 1. The molecule has 0 heterocycles. The van der Waals surface area contributed by atoms with Gasteiger partial charge >= 0.3 is 0 Å². The second-order valence-electron chi connectivity index (χ2n) is 6.09. The van der Waals surface area contributed by atoms with Crippen LogP contribution in [0, 0.1) is 10.1 Å². The molecule has 0 saturated carbocycles. The number of carbonyl (C=O) groups excluding carboxylic acids is 1. The number of nitrogens with one attached hydrogen (secondary N) is 1. The van der Waals surface area contributed by atoms with Crippen LogP contribution in [0.5, 0.6) is 5.75 Å². The maximum absolute atomic E-state index is 11.9. The molecule has 0 spiro atoms. The summed E-state index contributed by atoms with van der Waals surface area (Å²) in [4.78, 5) is 22.1. The van der Waals surface area contributed by atoms with E-state index in [1.165, 1.54) is 23.9 Å². The molecule has 3 aromatic carbocycles. The number of hydrogen-bond acceptors (Lipinski definition) is 5. The zero-order valence-electron chi connectivity index (χ0n) is 15.2. The van der Waals surface area contributed by atoms with E-state index in [0.717, 1.165) is 22.1 Å². The van der Waals surface area contributed by atoms with Crippen LogP contribution in [0.2, 0.25) is 0 Å². The molecule has 144 valence electrons. The Morgan fingerprint density at radius 1 is 1.04 bits per heavy atom. The summed E-state index contributed by atoms with van der Waals surface area (Å²) in [5.74, 6) is 1.69. The van der Waals surface area contributed by atoms with E-state index in [1.54, 1.807) is 12.1 Å². The predicted octanol–water partition coefficient (Wildman–Crippen LogP) is 4.18. The Balaban J connectivity index is 1.36. The SMILES string of the molecule is O=C(CSCc1ccc([N+](=O)[O-])cc1)NCCOc1cccc2ccccc12. The summed E-state index contributed by atoms with van der Waals surface area (Å²) in [6, 6.07) is 20.3. The summed E-state index contributed by atoms with van der Waals surface area (Å²) >= 11 is 1.46. The van der Waals surface area contributed by atoms with Gasteiger partial charge in [0.2, 0.25) is 5.91 Å². The third-order valence-electron chi connectivity index (χ3n) is 4.08. The van der Waals surface area contributed by atoms with Gasteiger partial charge in [-0.2, -0.15) is 0 Å². The van der Waals surface area contributed by atoms with Gasteiger partial charge in [0.05, 0.1) is 17.2 Å². The summed E-state index contributed by atoms with van der Waals surface area (Å²) in [6.07, 6.45) is 0. The number of amides is 1. The maximum Gasteiger partial charge on any atom is 0.269 e. The molecule has 0 radical (unpaired) electrons. The molecular weight excluding hydrogens is 376 g/mol. The topological polar surface area (TPSA) is 81.5 Å². The Morgan fingerprint density at radius 3 is 2.57 bits per heavy atom. The van der Waals surface area contributed by atoms with Gasteiger partial charge in [-0.1, -0.05) is 48.5 Å². The van der Waals surface area contributed by atoms with Crippen molar-refractivity contribution >= 4 is 34.1 Å². The number of fused-ring (bicyclic) bond motifs is 1. The highest BCUT2D eigenvalue weighted by Crippen LogP contribution is 2.24. The minimum atomic E-state index is -0.426. The second-order valence-corrected chi connectivity index (χ2v) is 7.08. The standard InChI is InChI=1S/C21H20N2O4S/c24-21(15-28-14-16-8-10-18(11-9-16)23(25)26)22-12-13-27-20-7-3-5-17-4-1-2-6-19(17)20/h1-11H,12-15H2,(H,22,24). The monoisotopic (exact) mass is 396 g/mol. The number of nitro benzene ring substituents is 1. The summed E-state index contributed by atoms with van der Waals surface area (Å²) in [7, 11) is 0. The quantitative estimate of drug-likeness (QED) is 0.333. The van der Waals surface area contributed by atoms with Crippen LogP contribution in [0.3, 0.4) is 0 Å². The molecule has 0 atom stereocenters. The van der Waals surface area contributed by atoms with Gasteiger partial charge in [-0.3, -0.25) is 14.9 Å². The lowest BCUT2D eigenvalue weighted by atomic mass is 10.1. The van der Waals surface area contributed by atoms with Gasteiger partial charge in [0.1, 0.15) is 12.4 Å². The lowest BCUT2D eigenvalue weighted by molar-refractivity contribution is -0.384. The van der Waals surface area contributed by atoms with Gasteiger partial charge in [0.15, 0.2) is 0 Å². The summed E-state index contributed by atoms with van der Waals surface area (Å²) in [5.41, 5.74) is 1.01. The highest BCUT2D eigenvalue weighted by atomic mass is 32.2. The van der Waals surface area contributed by atoms with E-state index in [4.69, 9.17) is 4.74 Å². The van der Waals surface area contributed by atoms with E-state index < -0.39 is 4.92 Å². The molecule has 1 N–H and O–H groups in total. The van der Waals surface area contributed by atoms with Gasteiger partial charge in [-0.15, -0.1) is 11.8 Å². The first kappa shape index (κ1) is 19.7. The number of carbonyl (C=O) groups is 1. The summed E-state index contributed by atoms with van der Waals surface area (Å²) in [6.45, 7) is 0.826. The zero-order chi connectivity index (χ0) is 19.8. The average Bonchev–Trinajstić information content (AvgIpc) is 2.71. The van der Waals surface area contributed by atoms with Crippen LogP contribution in [0.25, 0.3) is 10.8 Å². The molecule has 0 bridgehead atoms. The van der Waals surface area contributed by atoms with Gasteiger partial charge in [-0.25, -0.2) is 0 Å². The molecule has 3 aromatic rings. The molecule has 0 aliphatic rings. The number of thioether (sulfide) groups is 1. The fourth-order valence-electron chi connectivity index (χ4n) is 2.70. The smallest absolute Gasteiger partial charge is 0.269 e. The molecule has 7 heteroatoms. The van der Waals surface area contributed by atoms with Gasteiger partial charge < -0.3 is 10.1 Å². The van der Waals surface area contributed by atoms with E-state index in [-0.39, 0.29) is 11.6 Å². The van der Waals surface area contributed by atoms with Gasteiger partial charge in [-0.05, 0) is 17.0 Å². The van der Waals surface area contributed by atoms with Crippen LogP contribution in [0.4, 0.5) is 5.69 Å². The Labute approximate surface area is 167 Å². The molecule has 0 aromatic heterocycles. The Hall–Kier alpha value is -3.06. The molecule has 1 amide bonds. The fraction of sp³-hybridized carbons (Fsp3) is 0.190. The third-order valence-corrected chi connectivity index (χ3v) is 5.08. The predicted molar refractivity (Wildman–Crippen MR) is 112 cm³/mol. The molecule has 0 unspecified atom stereocenters. The van der Waals surface area contributed by atoms with Crippen molar-refractivity contribution in [3.05, 3.63) is 82.4 Å². The van der Waals surface area contributed by atoms with Crippen LogP contribution >= 0.6 is 11.8 Å². The molecule has 0 fully saturated rings. The first-order chi connectivity index (χ1) is 13.6. The Bertz CT molecular complexity index is 955. The van der Waals surface area contributed by atoms with Crippen LogP contribution in [0.15, 0.2) is 66.7 Å². The molecule has 0 saturated heterocycles. The number of nitro groups is 1. The van der Waals surface area contributed by atoms with Gasteiger partial charge in [0, 0.05) is 23.3 Å². The maximum atomic E-state index is 11.9. The molecule has 28 heavy (non-hydrogen) atoms. The Morgan fingerprint density at radius 2 is 1.79 bits per heavy atom. The van der Waals surface area contributed by atoms with Crippen molar-refractivity contribution in [2.24, 2.45) is 0 Å². The minimum absolute atomic E-state index is 0.0616. The van der Waals surface area contributed by atoms with Crippen LogP contribution in [-0.2, 0) is 10.5 Å². The molecule has 3 rings (SSSR count). The first-order valence-corrected chi connectivity index (χ1v) is 9.97. The number of ether oxygens (including phenoxy) is 1. The minimum Gasteiger partial charge on any atom is -0.491 e. The van der Waals surface area contributed by atoms with Crippen molar-refractivity contribution in [3.8, 4) is 5.75 Å². The first-order valence-electron chi connectivity index (χ1n) is 8.82. The van der Waals surface area contributed by atoms with E-state index in [9.17, 15) is 14.9 Å². The number of benzene rings is 3. The van der Waals surface area contributed by atoms with Crippen molar-refractivity contribution in [3.63, 3.8) is 0 Å². The van der Waals surface area contributed by atoms with E-state index in [1.807, 2.05) is 42.5 Å². The lowest BCUT2D eigenvalue weighted by Crippen LogP contribution is -2.29. The van der Waals surface area contributed by atoms with Crippen molar-refractivity contribution in [2.75, 3.05) is 18.9 Å². The Kier molecular flexibility index (Phi) is 6.86. The largest absolute Gasteiger partial charge is 0.491 e. The normalized spacial score (nSPS) is 10.6. The van der Waals surface area contributed by atoms with E-state index in [0.29, 0.717) is 24.7 Å². The number of rotatable bonds is 9.